The van der Waals surface area contributed by atoms with Crippen LogP contribution in [0.15, 0.2) is 28.7 Å². The van der Waals surface area contributed by atoms with Crippen LogP contribution in [0.5, 0.6) is 0 Å². The standard InChI is InChI=1S/C9H10N2O.C2H6/c1-2-10-9-11-7-5-3-4-6-8(7)12-9;1-2/h3-6H,2H2,1H3,(H,10,11);1-2H3. The first-order valence-electron chi connectivity index (χ1n) is 4.99. The number of hydrogen-bond acceptors (Lipinski definition) is 3. The Morgan fingerprint density at radius 1 is 1.29 bits per heavy atom. The molecule has 1 N–H and O–H groups in total. The second-order valence-electron chi connectivity index (χ2n) is 2.52. The minimum absolute atomic E-state index is 0.596. The van der Waals surface area contributed by atoms with E-state index in [0.29, 0.717) is 6.01 Å². The van der Waals surface area contributed by atoms with Crippen molar-refractivity contribution in [3.63, 3.8) is 0 Å². The summed E-state index contributed by atoms with van der Waals surface area (Å²) in [5.41, 5.74) is 1.72. The molecule has 0 radical (unpaired) electrons. The summed E-state index contributed by atoms with van der Waals surface area (Å²) < 4.78 is 5.39. The molecule has 1 aromatic heterocycles. The van der Waals surface area contributed by atoms with Crippen LogP contribution < -0.4 is 5.32 Å². The highest BCUT2D eigenvalue weighted by Crippen LogP contribution is 2.17. The van der Waals surface area contributed by atoms with Gasteiger partial charge in [-0.05, 0) is 19.1 Å². The summed E-state index contributed by atoms with van der Waals surface area (Å²) >= 11 is 0. The smallest absolute Gasteiger partial charge is 0.295 e. The van der Waals surface area contributed by atoms with Crippen LogP contribution >= 0.6 is 0 Å². The number of fused-ring (bicyclic) bond motifs is 1. The number of aromatic nitrogens is 1. The van der Waals surface area contributed by atoms with Crippen molar-refractivity contribution in [1.29, 1.82) is 0 Å². The van der Waals surface area contributed by atoms with E-state index in [1.54, 1.807) is 0 Å². The number of nitrogens with zero attached hydrogens (tertiary/aromatic N) is 1. The van der Waals surface area contributed by atoms with Crippen molar-refractivity contribution in [3.05, 3.63) is 24.3 Å². The molecule has 3 nitrogen and oxygen atoms in total. The van der Waals surface area contributed by atoms with Crippen molar-refractivity contribution in [3.8, 4) is 0 Å². The maximum atomic E-state index is 5.39. The Kier molecular flexibility index (Phi) is 3.98. The summed E-state index contributed by atoms with van der Waals surface area (Å²) in [6, 6.07) is 8.31. The van der Waals surface area contributed by atoms with E-state index in [9.17, 15) is 0 Å². The highest BCUT2D eigenvalue weighted by molar-refractivity contribution is 5.74. The molecule has 0 fully saturated rings. The fourth-order valence-corrected chi connectivity index (χ4v) is 1.10. The Balaban J connectivity index is 0.000000461. The van der Waals surface area contributed by atoms with Gasteiger partial charge in [0.05, 0.1) is 0 Å². The van der Waals surface area contributed by atoms with Gasteiger partial charge in [-0.2, -0.15) is 4.98 Å². The van der Waals surface area contributed by atoms with Crippen molar-refractivity contribution in [2.75, 3.05) is 11.9 Å². The maximum absolute atomic E-state index is 5.39. The van der Waals surface area contributed by atoms with Gasteiger partial charge in [-0.3, -0.25) is 0 Å². The van der Waals surface area contributed by atoms with Gasteiger partial charge >= 0.3 is 0 Å². The van der Waals surface area contributed by atoms with Gasteiger partial charge in [0.25, 0.3) is 6.01 Å². The summed E-state index contributed by atoms with van der Waals surface area (Å²) in [7, 11) is 0. The summed E-state index contributed by atoms with van der Waals surface area (Å²) in [6.07, 6.45) is 0. The Hall–Kier alpha value is -1.51. The first-order chi connectivity index (χ1) is 6.90. The van der Waals surface area contributed by atoms with Gasteiger partial charge in [0.15, 0.2) is 5.58 Å². The van der Waals surface area contributed by atoms with Gasteiger partial charge in [-0.25, -0.2) is 0 Å². The average molecular weight is 192 g/mol. The fourth-order valence-electron chi connectivity index (χ4n) is 1.10. The molecule has 3 heteroatoms. The van der Waals surface area contributed by atoms with Crippen LogP contribution in [0, 0.1) is 0 Å². The SMILES string of the molecule is CC.CCNc1nc2ccccc2o1. The maximum Gasteiger partial charge on any atom is 0.295 e. The minimum atomic E-state index is 0.596. The second kappa shape index (κ2) is 5.27. The van der Waals surface area contributed by atoms with Gasteiger partial charge in [-0.1, -0.05) is 26.0 Å². The number of hydrogen-bond donors (Lipinski definition) is 1. The lowest BCUT2D eigenvalue weighted by Gasteiger charge is -1.91. The number of para-hydroxylation sites is 2. The van der Waals surface area contributed by atoms with E-state index in [-0.39, 0.29) is 0 Å². The summed E-state index contributed by atoms with van der Waals surface area (Å²) in [5.74, 6) is 0. The molecule has 0 atom stereocenters. The summed E-state index contributed by atoms with van der Waals surface area (Å²) in [5, 5.41) is 3.02. The van der Waals surface area contributed by atoms with E-state index >= 15 is 0 Å². The van der Waals surface area contributed by atoms with Crippen molar-refractivity contribution < 1.29 is 4.42 Å². The van der Waals surface area contributed by atoms with Gasteiger partial charge in [-0.15, -0.1) is 0 Å². The second-order valence-corrected chi connectivity index (χ2v) is 2.52. The molecule has 76 valence electrons. The first-order valence-corrected chi connectivity index (χ1v) is 4.99. The zero-order valence-electron chi connectivity index (χ0n) is 8.87. The van der Waals surface area contributed by atoms with Crippen LogP contribution in [0.3, 0.4) is 0 Å². The molecule has 0 spiro atoms. The number of oxazole rings is 1. The molecule has 0 saturated heterocycles. The van der Waals surface area contributed by atoms with E-state index in [4.69, 9.17) is 4.42 Å². The largest absolute Gasteiger partial charge is 0.424 e. The molecular formula is C11H16N2O. The van der Waals surface area contributed by atoms with Gasteiger partial charge in [0, 0.05) is 6.54 Å². The molecule has 0 amide bonds. The van der Waals surface area contributed by atoms with E-state index in [1.165, 1.54) is 0 Å². The van der Waals surface area contributed by atoms with Crippen molar-refractivity contribution in [2.45, 2.75) is 20.8 Å². The van der Waals surface area contributed by atoms with Gasteiger partial charge in [0.2, 0.25) is 0 Å². The van der Waals surface area contributed by atoms with E-state index in [0.717, 1.165) is 17.6 Å². The highest BCUT2D eigenvalue weighted by atomic mass is 16.4. The highest BCUT2D eigenvalue weighted by Gasteiger charge is 2.01. The van der Waals surface area contributed by atoms with Gasteiger partial charge in [0.1, 0.15) is 5.52 Å². The number of benzene rings is 1. The molecule has 14 heavy (non-hydrogen) atoms. The van der Waals surface area contributed by atoms with Crippen LogP contribution in [0.25, 0.3) is 11.1 Å². The average Bonchev–Trinajstić information content (AvgIpc) is 2.63. The molecule has 1 heterocycles. The quantitative estimate of drug-likeness (QED) is 0.793. The van der Waals surface area contributed by atoms with E-state index in [1.807, 2.05) is 45.0 Å². The summed E-state index contributed by atoms with van der Waals surface area (Å²) in [6.45, 7) is 6.84. The molecule has 0 saturated carbocycles. The van der Waals surface area contributed by atoms with Crippen molar-refractivity contribution in [1.82, 2.24) is 4.98 Å². The molecule has 1 aromatic carbocycles. The van der Waals surface area contributed by atoms with Crippen LogP contribution in [0.1, 0.15) is 20.8 Å². The first kappa shape index (κ1) is 10.6. The van der Waals surface area contributed by atoms with Crippen molar-refractivity contribution >= 4 is 17.1 Å². The fraction of sp³-hybridized carbons (Fsp3) is 0.364. The molecule has 0 aliphatic rings. The predicted octanol–water partition coefficient (Wildman–Crippen LogP) is 3.29. The van der Waals surface area contributed by atoms with Crippen LogP contribution in [0.2, 0.25) is 0 Å². The Morgan fingerprint density at radius 3 is 2.64 bits per heavy atom. The minimum Gasteiger partial charge on any atom is -0.424 e. The third kappa shape index (κ3) is 2.25. The topological polar surface area (TPSA) is 38.1 Å². The zero-order chi connectivity index (χ0) is 10.4. The lowest BCUT2D eigenvalue weighted by atomic mass is 10.3. The Labute approximate surface area is 84.1 Å². The third-order valence-electron chi connectivity index (χ3n) is 1.62. The molecular weight excluding hydrogens is 176 g/mol. The van der Waals surface area contributed by atoms with Crippen LogP contribution in [-0.2, 0) is 0 Å². The lowest BCUT2D eigenvalue weighted by Crippen LogP contribution is -1.95. The molecule has 0 aliphatic carbocycles. The normalized spacial score (nSPS) is 9.36. The molecule has 0 unspecified atom stereocenters. The molecule has 0 aliphatic heterocycles. The Morgan fingerprint density at radius 2 is 2.00 bits per heavy atom. The Bertz CT molecular complexity index is 348. The lowest BCUT2D eigenvalue weighted by molar-refractivity contribution is 0.616. The summed E-state index contributed by atoms with van der Waals surface area (Å²) in [4.78, 5) is 4.22. The van der Waals surface area contributed by atoms with Crippen molar-refractivity contribution in [2.24, 2.45) is 0 Å². The number of anilines is 1. The predicted molar refractivity (Wildman–Crippen MR) is 59.5 cm³/mol. The van der Waals surface area contributed by atoms with Gasteiger partial charge < -0.3 is 9.73 Å². The molecule has 2 aromatic rings. The molecule has 0 bridgehead atoms. The zero-order valence-corrected chi connectivity index (χ0v) is 8.87. The monoisotopic (exact) mass is 192 g/mol. The molecule has 2 rings (SSSR count). The number of rotatable bonds is 2. The third-order valence-corrected chi connectivity index (χ3v) is 1.62. The van der Waals surface area contributed by atoms with Crippen LogP contribution in [-0.4, -0.2) is 11.5 Å². The number of nitrogens with one attached hydrogen (secondary N) is 1. The van der Waals surface area contributed by atoms with E-state index < -0.39 is 0 Å². The van der Waals surface area contributed by atoms with E-state index in [2.05, 4.69) is 10.3 Å². The van der Waals surface area contributed by atoms with Crippen LogP contribution in [0.4, 0.5) is 6.01 Å².